The van der Waals surface area contributed by atoms with Crippen LogP contribution in [0.4, 0.5) is 4.39 Å². The Bertz CT molecular complexity index is 286. The largest absolute Gasteiger partial charge is 0.250 e. The Morgan fingerprint density at radius 2 is 1.67 bits per heavy atom. The normalized spacial score (nSPS) is 12.6. The van der Waals surface area contributed by atoms with Gasteiger partial charge in [0.05, 0.1) is 0 Å². The highest BCUT2D eigenvalue weighted by Crippen LogP contribution is 2.27. The van der Waals surface area contributed by atoms with Gasteiger partial charge in [0.2, 0.25) is 0 Å². The number of rotatable bonds is 10. The van der Waals surface area contributed by atoms with E-state index in [0.29, 0.717) is 0 Å². The van der Waals surface area contributed by atoms with Crippen LogP contribution in [0.2, 0.25) is 0 Å². The summed E-state index contributed by atoms with van der Waals surface area (Å²) >= 11 is 1.68. The monoisotopic (exact) mass is 268 g/mol. The molecule has 1 atom stereocenters. The summed E-state index contributed by atoms with van der Waals surface area (Å²) < 4.78 is 13.0. The summed E-state index contributed by atoms with van der Waals surface area (Å²) in [5.41, 5.74) is 0. The minimum Gasteiger partial charge on any atom is -0.250 e. The summed E-state index contributed by atoms with van der Waals surface area (Å²) in [6.45, 7) is 2.02. The second-order valence-electron chi connectivity index (χ2n) is 4.76. The van der Waals surface area contributed by atoms with Crippen molar-refractivity contribution in [2.24, 2.45) is 0 Å². The Hall–Kier alpha value is -0.500. The quantitative estimate of drug-likeness (QED) is 0.378. The van der Waals surface area contributed by atoms with E-state index < -0.39 is 0 Å². The molecule has 0 aliphatic heterocycles. The number of unbranched alkanes of at least 4 members (excludes halogenated alkanes) is 5. The topological polar surface area (TPSA) is 0 Å². The average Bonchev–Trinajstić information content (AvgIpc) is 2.42. The van der Waals surface area contributed by atoms with Crippen molar-refractivity contribution in [2.75, 3.05) is 6.67 Å². The van der Waals surface area contributed by atoms with Crippen molar-refractivity contribution in [1.29, 1.82) is 0 Å². The Kier molecular flexibility index (Phi) is 9.01. The number of halogens is 1. The molecule has 1 rings (SSSR count). The number of thioether (sulfide) groups is 1. The van der Waals surface area contributed by atoms with Crippen LogP contribution in [-0.2, 0) is 0 Å². The molecule has 0 nitrogen and oxygen atoms in total. The second kappa shape index (κ2) is 10.4. The van der Waals surface area contributed by atoms with E-state index in [1.165, 1.54) is 37.0 Å². The summed E-state index contributed by atoms with van der Waals surface area (Å²) in [5.74, 6) is 0. The van der Waals surface area contributed by atoms with E-state index in [9.17, 15) is 4.39 Å². The van der Waals surface area contributed by atoms with Crippen LogP contribution in [0.3, 0.4) is 0 Å². The van der Waals surface area contributed by atoms with E-state index in [2.05, 4.69) is 19.1 Å². The molecule has 1 aromatic carbocycles. The van der Waals surface area contributed by atoms with Crippen molar-refractivity contribution in [2.45, 2.75) is 62.0 Å². The average molecular weight is 268 g/mol. The van der Waals surface area contributed by atoms with Gasteiger partial charge < -0.3 is 0 Å². The zero-order valence-electron chi connectivity index (χ0n) is 11.4. The minimum absolute atomic E-state index is 0.138. The Labute approximate surface area is 115 Å². The minimum atomic E-state index is -0.214. The molecular weight excluding hydrogens is 243 g/mol. The zero-order chi connectivity index (χ0) is 13.1. The van der Waals surface area contributed by atoms with Gasteiger partial charge in [-0.3, -0.25) is 0 Å². The fourth-order valence-corrected chi connectivity index (χ4v) is 3.06. The third-order valence-corrected chi connectivity index (χ3v) is 4.34. The highest BCUT2D eigenvalue weighted by Gasteiger charge is 2.09. The van der Waals surface area contributed by atoms with E-state index in [0.717, 1.165) is 12.8 Å². The molecule has 0 fully saturated rings. The molecule has 2 heteroatoms. The summed E-state index contributed by atoms with van der Waals surface area (Å²) in [5, 5.41) is 0.138. The van der Waals surface area contributed by atoms with Crippen LogP contribution < -0.4 is 0 Å². The molecule has 0 radical (unpaired) electrons. The van der Waals surface area contributed by atoms with Crippen LogP contribution in [0.25, 0.3) is 0 Å². The lowest BCUT2D eigenvalue weighted by Crippen LogP contribution is -2.04. The molecular formula is C16H25FS. The summed E-state index contributed by atoms with van der Waals surface area (Å²) in [4.78, 5) is 1.19. The van der Waals surface area contributed by atoms with Crippen LogP contribution in [-0.4, -0.2) is 11.9 Å². The number of hydrogen-bond donors (Lipinski definition) is 0. The molecule has 0 heterocycles. The fourth-order valence-electron chi connectivity index (χ4n) is 2.01. The smallest absolute Gasteiger partial charge is 0.102 e. The first kappa shape index (κ1) is 15.6. The van der Waals surface area contributed by atoms with Gasteiger partial charge in [-0.2, -0.15) is 0 Å². The Morgan fingerprint density at radius 3 is 2.33 bits per heavy atom. The molecule has 0 saturated carbocycles. The van der Waals surface area contributed by atoms with E-state index in [1.54, 1.807) is 11.8 Å². The lowest BCUT2D eigenvalue weighted by Gasteiger charge is -2.12. The maximum Gasteiger partial charge on any atom is 0.102 e. The van der Waals surface area contributed by atoms with E-state index >= 15 is 0 Å². The first-order valence-corrected chi connectivity index (χ1v) is 8.02. The van der Waals surface area contributed by atoms with Crippen molar-refractivity contribution in [3.8, 4) is 0 Å². The SMILES string of the molecule is CCCCCCCCC(CF)Sc1ccccc1. The molecule has 0 aliphatic carbocycles. The van der Waals surface area contributed by atoms with Crippen molar-refractivity contribution in [3.05, 3.63) is 30.3 Å². The van der Waals surface area contributed by atoms with Crippen LogP contribution in [0.1, 0.15) is 51.9 Å². The Morgan fingerprint density at radius 1 is 1.00 bits per heavy atom. The van der Waals surface area contributed by atoms with Crippen molar-refractivity contribution in [1.82, 2.24) is 0 Å². The maximum absolute atomic E-state index is 13.0. The second-order valence-corrected chi connectivity index (χ2v) is 6.14. The number of benzene rings is 1. The number of alkyl halides is 1. The van der Waals surface area contributed by atoms with Gasteiger partial charge >= 0.3 is 0 Å². The number of hydrogen-bond acceptors (Lipinski definition) is 1. The first-order valence-electron chi connectivity index (χ1n) is 7.14. The third kappa shape index (κ3) is 7.05. The lowest BCUT2D eigenvalue weighted by molar-refractivity contribution is 0.458. The van der Waals surface area contributed by atoms with E-state index in [-0.39, 0.29) is 11.9 Å². The van der Waals surface area contributed by atoms with Crippen LogP contribution in [0, 0.1) is 0 Å². The van der Waals surface area contributed by atoms with Gasteiger partial charge in [-0.05, 0) is 18.6 Å². The lowest BCUT2D eigenvalue weighted by atomic mass is 10.1. The van der Waals surface area contributed by atoms with Gasteiger partial charge in [-0.1, -0.05) is 63.6 Å². The summed E-state index contributed by atoms with van der Waals surface area (Å²) in [6, 6.07) is 10.2. The van der Waals surface area contributed by atoms with E-state index in [4.69, 9.17) is 0 Å². The fraction of sp³-hybridized carbons (Fsp3) is 0.625. The van der Waals surface area contributed by atoms with Crippen molar-refractivity contribution < 1.29 is 4.39 Å². The zero-order valence-corrected chi connectivity index (χ0v) is 12.2. The van der Waals surface area contributed by atoms with Crippen LogP contribution >= 0.6 is 11.8 Å². The van der Waals surface area contributed by atoms with Gasteiger partial charge in [-0.15, -0.1) is 11.8 Å². The van der Waals surface area contributed by atoms with Gasteiger partial charge in [0.1, 0.15) is 6.67 Å². The predicted octanol–water partition coefficient (Wildman–Crippen LogP) is 5.87. The van der Waals surface area contributed by atoms with Crippen LogP contribution in [0.5, 0.6) is 0 Å². The highest BCUT2D eigenvalue weighted by molar-refractivity contribution is 8.00. The molecule has 102 valence electrons. The van der Waals surface area contributed by atoms with Crippen molar-refractivity contribution >= 4 is 11.8 Å². The molecule has 0 amide bonds. The standard InChI is InChI=1S/C16H25FS/c1-2-3-4-5-6-8-13-16(14-17)18-15-11-9-7-10-12-15/h7,9-12,16H,2-6,8,13-14H2,1H3. The van der Waals surface area contributed by atoms with E-state index in [1.807, 2.05) is 18.2 Å². The molecule has 0 saturated heterocycles. The molecule has 0 bridgehead atoms. The Balaban J connectivity index is 2.14. The molecule has 0 spiro atoms. The maximum atomic E-state index is 13.0. The molecule has 0 aliphatic rings. The molecule has 0 N–H and O–H groups in total. The highest BCUT2D eigenvalue weighted by atomic mass is 32.2. The van der Waals surface area contributed by atoms with Crippen LogP contribution in [0.15, 0.2) is 35.2 Å². The van der Waals surface area contributed by atoms with Gasteiger partial charge in [0.15, 0.2) is 0 Å². The van der Waals surface area contributed by atoms with Gasteiger partial charge in [0, 0.05) is 10.1 Å². The first-order chi connectivity index (χ1) is 8.86. The molecule has 0 aromatic heterocycles. The summed E-state index contributed by atoms with van der Waals surface area (Å²) in [6.07, 6.45) is 8.69. The van der Waals surface area contributed by atoms with Gasteiger partial charge in [-0.25, -0.2) is 4.39 Å². The molecule has 1 unspecified atom stereocenters. The predicted molar refractivity (Wildman–Crippen MR) is 80.1 cm³/mol. The third-order valence-electron chi connectivity index (χ3n) is 3.10. The summed E-state index contributed by atoms with van der Waals surface area (Å²) in [7, 11) is 0. The van der Waals surface area contributed by atoms with Gasteiger partial charge in [0.25, 0.3) is 0 Å². The molecule has 18 heavy (non-hydrogen) atoms. The molecule has 1 aromatic rings. The van der Waals surface area contributed by atoms with Crippen molar-refractivity contribution in [3.63, 3.8) is 0 Å².